The zero-order valence-electron chi connectivity index (χ0n) is 13.1. The molecule has 0 saturated heterocycles. The highest BCUT2D eigenvalue weighted by atomic mass is 79.9. The smallest absolute Gasteiger partial charge is 0.228 e. The Labute approximate surface area is 148 Å². The fourth-order valence-electron chi connectivity index (χ4n) is 2.78. The topological polar surface area (TPSA) is 67.4 Å². The third kappa shape index (κ3) is 3.43. The van der Waals surface area contributed by atoms with Crippen molar-refractivity contribution in [3.8, 4) is 5.75 Å². The van der Waals surface area contributed by atoms with Gasteiger partial charge in [-0.15, -0.1) is 0 Å². The van der Waals surface area contributed by atoms with Crippen molar-refractivity contribution in [2.45, 2.75) is 18.9 Å². The van der Waals surface area contributed by atoms with E-state index >= 15 is 0 Å². The second-order valence-electron chi connectivity index (χ2n) is 5.58. The van der Waals surface area contributed by atoms with E-state index in [-0.39, 0.29) is 18.2 Å². The molecule has 1 unspecified atom stereocenters. The van der Waals surface area contributed by atoms with E-state index in [9.17, 15) is 9.59 Å². The monoisotopic (exact) mass is 388 g/mol. The summed E-state index contributed by atoms with van der Waals surface area (Å²) in [5.74, 6) is -0.00937. The third-order valence-electron chi connectivity index (χ3n) is 4.00. The van der Waals surface area contributed by atoms with E-state index in [4.69, 9.17) is 4.74 Å². The van der Waals surface area contributed by atoms with Gasteiger partial charge in [-0.3, -0.25) is 9.59 Å². The number of nitrogens with one attached hydrogen (secondary N) is 2. The first-order valence-electron chi connectivity index (χ1n) is 7.57. The van der Waals surface area contributed by atoms with Gasteiger partial charge in [-0.2, -0.15) is 0 Å². The number of carbonyl (C=O) groups excluding carboxylic acids is 2. The second-order valence-corrected chi connectivity index (χ2v) is 6.43. The lowest BCUT2D eigenvalue weighted by Gasteiger charge is -2.24. The minimum atomic E-state index is -0.461. The molecule has 6 heteroatoms. The lowest BCUT2D eigenvalue weighted by molar-refractivity contribution is -0.126. The number of methoxy groups -OCH3 is 1. The first-order valence-corrected chi connectivity index (χ1v) is 8.36. The highest BCUT2D eigenvalue weighted by Crippen LogP contribution is 2.32. The number of para-hydroxylation sites is 1. The molecule has 0 bridgehead atoms. The Kier molecular flexibility index (Phi) is 4.85. The highest BCUT2D eigenvalue weighted by molar-refractivity contribution is 9.10. The van der Waals surface area contributed by atoms with Crippen LogP contribution in [0.4, 0.5) is 5.69 Å². The molecule has 2 amide bonds. The zero-order chi connectivity index (χ0) is 17.1. The maximum Gasteiger partial charge on any atom is 0.228 e. The second kappa shape index (κ2) is 7.05. The van der Waals surface area contributed by atoms with E-state index in [1.54, 1.807) is 7.11 Å². The zero-order valence-corrected chi connectivity index (χ0v) is 14.7. The Hall–Kier alpha value is -2.34. The van der Waals surface area contributed by atoms with Crippen LogP contribution < -0.4 is 15.4 Å². The highest BCUT2D eigenvalue weighted by Gasteiger charge is 2.30. The summed E-state index contributed by atoms with van der Waals surface area (Å²) >= 11 is 3.43. The van der Waals surface area contributed by atoms with Crippen molar-refractivity contribution in [2.75, 3.05) is 12.4 Å². The molecule has 2 aromatic rings. The molecule has 3 rings (SSSR count). The Balaban J connectivity index is 1.71. The summed E-state index contributed by atoms with van der Waals surface area (Å²) in [5.41, 5.74) is 2.51. The van der Waals surface area contributed by atoms with Crippen LogP contribution in [0.2, 0.25) is 0 Å². The molecule has 124 valence electrons. The van der Waals surface area contributed by atoms with Crippen molar-refractivity contribution in [3.05, 3.63) is 58.1 Å². The van der Waals surface area contributed by atoms with Crippen LogP contribution in [0.5, 0.6) is 5.75 Å². The van der Waals surface area contributed by atoms with E-state index in [0.717, 1.165) is 21.3 Å². The molecule has 2 N–H and O–H groups in total. The molecule has 1 heterocycles. The molecule has 2 aromatic carbocycles. The third-order valence-corrected chi connectivity index (χ3v) is 4.62. The average Bonchev–Trinajstić information content (AvgIpc) is 2.59. The Bertz CT molecular complexity index is 792. The summed E-state index contributed by atoms with van der Waals surface area (Å²) in [7, 11) is 1.60. The molecule has 1 aliphatic rings. The number of rotatable bonds is 4. The summed E-state index contributed by atoms with van der Waals surface area (Å²) in [4.78, 5) is 24.4. The number of anilines is 1. The lowest BCUT2D eigenvalue weighted by Crippen LogP contribution is -2.34. The van der Waals surface area contributed by atoms with Gasteiger partial charge >= 0.3 is 0 Å². The van der Waals surface area contributed by atoms with Gasteiger partial charge in [0.15, 0.2) is 0 Å². The largest absolute Gasteiger partial charge is 0.496 e. The summed E-state index contributed by atoms with van der Waals surface area (Å²) < 4.78 is 6.03. The molecule has 0 aliphatic carbocycles. The van der Waals surface area contributed by atoms with Gasteiger partial charge in [0.2, 0.25) is 11.8 Å². The minimum absolute atomic E-state index is 0.138. The number of hydrogen-bond acceptors (Lipinski definition) is 3. The Morgan fingerprint density at radius 2 is 2.12 bits per heavy atom. The van der Waals surface area contributed by atoms with Crippen LogP contribution in [-0.2, 0) is 16.1 Å². The van der Waals surface area contributed by atoms with E-state index < -0.39 is 5.92 Å². The number of hydrogen-bond donors (Lipinski definition) is 2. The van der Waals surface area contributed by atoms with Crippen LogP contribution in [0.1, 0.15) is 23.5 Å². The average molecular weight is 389 g/mol. The van der Waals surface area contributed by atoms with Crippen molar-refractivity contribution in [1.82, 2.24) is 5.32 Å². The molecule has 24 heavy (non-hydrogen) atoms. The molecule has 0 radical (unpaired) electrons. The molecular weight excluding hydrogens is 372 g/mol. The predicted molar refractivity (Wildman–Crippen MR) is 95.0 cm³/mol. The van der Waals surface area contributed by atoms with Gasteiger partial charge in [-0.25, -0.2) is 0 Å². The maximum absolute atomic E-state index is 12.6. The number of ether oxygens (including phenoxy) is 1. The first-order chi connectivity index (χ1) is 11.6. The molecule has 0 saturated carbocycles. The van der Waals surface area contributed by atoms with Crippen LogP contribution >= 0.6 is 15.9 Å². The number of fused-ring (bicyclic) bond motifs is 1. The van der Waals surface area contributed by atoms with Gasteiger partial charge in [-0.1, -0.05) is 24.3 Å². The van der Waals surface area contributed by atoms with Gasteiger partial charge in [0.05, 0.1) is 17.5 Å². The molecule has 5 nitrogen and oxygen atoms in total. The van der Waals surface area contributed by atoms with E-state index in [1.807, 2.05) is 42.5 Å². The van der Waals surface area contributed by atoms with Gasteiger partial charge < -0.3 is 15.4 Å². The van der Waals surface area contributed by atoms with Crippen molar-refractivity contribution in [3.63, 3.8) is 0 Å². The van der Waals surface area contributed by atoms with E-state index in [1.165, 1.54) is 0 Å². The quantitative estimate of drug-likeness (QED) is 0.844. The number of benzene rings is 2. The van der Waals surface area contributed by atoms with E-state index in [0.29, 0.717) is 12.2 Å². The van der Waals surface area contributed by atoms with Crippen LogP contribution in [0.15, 0.2) is 46.9 Å². The summed E-state index contributed by atoms with van der Waals surface area (Å²) in [6.45, 7) is 0.391. The first kappa shape index (κ1) is 16.5. The van der Waals surface area contributed by atoms with E-state index in [2.05, 4.69) is 26.6 Å². The van der Waals surface area contributed by atoms with Crippen LogP contribution in [0.25, 0.3) is 0 Å². The number of carbonyl (C=O) groups is 2. The van der Waals surface area contributed by atoms with Crippen molar-refractivity contribution in [2.24, 2.45) is 0 Å². The molecule has 0 aromatic heterocycles. The Morgan fingerprint density at radius 3 is 2.88 bits per heavy atom. The molecule has 1 atom stereocenters. The van der Waals surface area contributed by atoms with Crippen LogP contribution in [-0.4, -0.2) is 18.9 Å². The van der Waals surface area contributed by atoms with Crippen molar-refractivity contribution >= 4 is 33.4 Å². The molecule has 0 fully saturated rings. The molecule has 0 spiro atoms. The van der Waals surface area contributed by atoms with Crippen LogP contribution in [0.3, 0.4) is 0 Å². The lowest BCUT2D eigenvalue weighted by atomic mass is 9.90. The molecular formula is C18H17BrN2O3. The van der Waals surface area contributed by atoms with Crippen molar-refractivity contribution in [1.29, 1.82) is 0 Å². The summed E-state index contributed by atoms with van der Waals surface area (Å²) in [6.07, 6.45) is 0.162. The fourth-order valence-corrected chi connectivity index (χ4v) is 3.37. The standard InChI is InChI=1S/C18H17BrN2O3/c1-24-16-7-6-11(8-14(16)19)10-20-18(23)13-9-17(22)21-15-5-3-2-4-12(13)15/h2-8,13H,9-10H2,1H3,(H,20,23)(H,21,22). The van der Waals surface area contributed by atoms with Crippen LogP contribution in [0, 0.1) is 0 Å². The Morgan fingerprint density at radius 1 is 1.33 bits per heavy atom. The minimum Gasteiger partial charge on any atom is -0.496 e. The van der Waals surface area contributed by atoms with Gasteiger partial charge in [0, 0.05) is 18.7 Å². The normalized spacial score (nSPS) is 16.1. The van der Waals surface area contributed by atoms with Gasteiger partial charge in [0.1, 0.15) is 5.75 Å². The maximum atomic E-state index is 12.6. The SMILES string of the molecule is COc1ccc(CNC(=O)C2CC(=O)Nc3ccccc32)cc1Br. The number of halogens is 1. The summed E-state index contributed by atoms with van der Waals surface area (Å²) in [5, 5.41) is 5.71. The number of amides is 2. The van der Waals surface area contributed by atoms with Gasteiger partial charge in [-0.05, 0) is 45.3 Å². The van der Waals surface area contributed by atoms with Gasteiger partial charge in [0.25, 0.3) is 0 Å². The fraction of sp³-hybridized carbons (Fsp3) is 0.222. The molecule has 1 aliphatic heterocycles. The summed E-state index contributed by atoms with van der Waals surface area (Å²) in [6, 6.07) is 13.0. The predicted octanol–water partition coefficient (Wildman–Crippen LogP) is 3.20. The van der Waals surface area contributed by atoms with Crippen molar-refractivity contribution < 1.29 is 14.3 Å².